The minimum Gasteiger partial charge on any atom is -0.481 e. The normalized spacial score (nSPS) is 30.3. The zero-order valence-corrected chi connectivity index (χ0v) is 17.6. The molecule has 0 bridgehead atoms. The number of carbonyl (C=O) groups is 1. The molecule has 0 spiro atoms. The van der Waals surface area contributed by atoms with E-state index in [1.165, 1.54) is 12.8 Å². The van der Waals surface area contributed by atoms with Gasteiger partial charge in [0.1, 0.15) is 6.61 Å². The summed E-state index contributed by atoms with van der Waals surface area (Å²) in [6.07, 6.45) is 4.28. The Kier molecular flexibility index (Phi) is 4.80. The minimum absolute atomic E-state index is 0.194. The van der Waals surface area contributed by atoms with Gasteiger partial charge in [0.2, 0.25) is 5.88 Å². The zero-order chi connectivity index (χ0) is 20.7. The molecular formula is C24H29N3O3. The fraction of sp³-hybridized carbons (Fsp3) is 0.500. The number of ether oxygens (including phenoxy) is 2. The van der Waals surface area contributed by atoms with Crippen LogP contribution in [0, 0.1) is 17.3 Å². The van der Waals surface area contributed by atoms with Gasteiger partial charge in [0.15, 0.2) is 0 Å². The molecule has 2 heterocycles. The largest absolute Gasteiger partial charge is 0.481 e. The highest BCUT2D eigenvalue weighted by Crippen LogP contribution is 2.79. The highest BCUT2D eigenvalue weighted by Gasteiger charge is 2.74. The Labute approximate surface area is 177 Å². The molecule has 2 N–H and O–H groups in total. The first-order valence-corrected chi connectivity index (χ1v) is 10.9. The summed E-state index contributed by atoms with van der Waals surface area (Å²) in [6.45, 7) is 2.45. The number of alkyl carbamates (subject to hydrolysis) is 1. The third-order valence-corrected chi connectivity index (χ3v) is 7.04. The Morgan fingerprint density at radius 3 is 2.67 bits per heavy atom. The van der Waals surface area contributed by atoms with Crippen LogP contribution in [0.15, 0.2) is 42.5 Å². The molecule has 3 atom stereocenters. The average Bonchev–Trinajstić information content (AvgIpc) is 3.65. The first-order chi connectivity index (χ1) is 14.6. The van der Waals surface area contributed by atoms with Crippen LogP contribution in [0.2, 0.25) is 0 Å². The lowest BCUT2D eigenvalue weighted by molar-refractivity contribution is 0.126. The van der Waals surface area contributed by atoms with Gasteiger partial charge in [-0.1, -0.05) is 43.7 Å². The van der Waals surface area contributed by atoms with Crippen molar-refractivity contribution in [3.63, 3.8) is 0 Å². The summed E-state index contributed by atoms with van der Waals surface area (Å²) in [5.74, 6) is 1.69. The van der Waals surface area contributed by atoms with Crippen molar-refractivity contribution in [1.82, 2.24) is 10.3 Å². The van der Waals surface area contributed by atoms with E-state index in [-0.39, 0.29) is 18.6 Å². The van der Waals surface area contributed by atoms with Crippen molar-refractivity contribution < 1.29 is 14.3 Å². The molecule has 0 saturated heterocycles. The fourth-order valence-corrected chi connectivity index (χ4v) is 5.15. The third-order valence-electron chi connectivity index (χ3n) is 7.04. The second-order valence-corrected chi connectivity index (χ2v) is 8.88. The fourth-order valence-electron chi connectivity index (χ4n) is 5.15. The number of carbonyl (C=O) groups excluding carboxylic acids is 1. The lowest BCUT2D eigenvalue weighted by atomic mass is 9.77. The molecule has 0 radical (unpaired) electrons. The average molecular weight is 408 g/mol. The molecule has 1 aliphatic heterocycles. The SMILES string of the molecule is CCC[C@H]1[C@H](C23CC2C3)Nc2ccc(OC)nc2[C@@H]1NC(=O)OCc1ccccc1. The van der Waals surface area contributed by atoms with Gasteiger partial charge in [-0.25, -0.2) is 9.78 Å². The number of amides is 1. The number of nitrogens with one attached hydrogen (secondary N) is 2. The molecule has 158 valence electrons. The van der Waals surface area contributed by atoms with Crippen LogP contribution < -0.4 is 15.4 Å². The Hall–Kier alpha value is -2.76. The molecule has 1 amide bonds. The molecule has 6 heteroatoms. The van der Waals surface area contributed by atoms with E-state index < -0.39 is 6.09 Å². The molecule has 2 fully saturated rings. The topological polar surface area (TPSA) is 72.5 Å². The van der Waals surface area contributed by atoms with Crippen molar-refractivity contribution in [3.8, 4) is 5.88 Å². The number of nitrogens with zero attached hydrogens (tertiary/aromatic N) is 1. The molecule has 2 saturated carbocycles. The van der Waals surface area contributed by atoms with Gasteiger partial charge in [-0.05, 0) is 42.2 Å². The van der Waals surface area contributed by atoms with Crippen LogP contribution in [0.4, 0.5) is 10.5 Å². The van der Waals surface area contributed by atoms with Crippen molar-refractivity contribution in [1.29, 1.82) is 0 Å². The molecule has 1 aromatic heterocycles. The number of methoxy groups -OCH3 is 1. The van der Waals surface area contributed by atoms with Crippen LogP contribution in [0.25, 0.3) is 0 Å². The van der Waals surface area contributed by atoms with Crippen molar-refractivity contribution in [2.24, 2.45) is 17.3 Å². The van der Waals surface area contributed by atoms with Gasteiger partial charge in [-0.3, -0.25) is 0 Å². The molecule has 2 aromatic rings. The Morgan fingerprint density at radius 2 is 2.00 bits per heavy atom. The first kappa shape index (κ1) is 19.2. The van der Waals surface area contributed by atoms with E-state index >= 15 is 0 Å². The van der Waals surface area contributed by atoms with Gasteiger partial charge < -0.3 is 20.1 Å². The zero-order valence-electron chi connectivity index (χ0n) is 17.6. The summed E-state index contributed by atoms with van der Waals surface area (Å²) in [7, 11) is 1.62. The van der Waals surface area contributed by atoms with E-state index in [1.54, 1.807) is 7.11 Å². The molecule has 3 aliphatic rings. The quantitative estimate of drug-likeness (QED) is 0.697. The number of anilines is 1. The Bertz CT molecular complexity index is 927. The van der Waals surface area contributed by atoms with E-state index in [0.29, 0.717) is 17.3 Å². The summed E-state index contributed by atoms with van der Waals surface area (Å²) < 4.78 is 10.9. The number of aromatic nitrogens is 1. The smallest absolute Gasteiger partial charge is 0.408 e. The van der Waals surface area contributed by atoms with Gasteiger partial charge in [-0.2, -0.15) is 0 Å². The van der Waals surface area contributed by atoms with Crippen molar-refractivity contribution in [2.45, 2.75) is 51.3 Å². The van der Waals surface area contributed by atoms with Crippen molar-refractivity contribution in [2.75, 3.05) is 12.4 Å². The Morgan fingerprint density at radius 1 is 1.23 bits per heavy atom. The molecule has 30 heavy (non-hydrogen) atoms. The van der Waals surface area contributed by atoms with Gasteiger partial charge in [0.05, 0.1) is 24.5 Å². The summed E-state index contributed by atoms with van der Waals surface area (Å²) in [6, 6.07) is 13.8. The highest BCUT2D eigenvalue weighted by atomic mass is 16.5. The number of fused-ring (bicyclic) bond motifs is 2. The Balaban J connectivity index is 1.40. The highest BCUT2D eigenvalue weighted by molar-refractivity contribution is 5.69. The van der Waals surface area contributed by atoms with Crippen molar-refractivity contribution >= 4 is 11.8 Å². The van der Waals surface area contributed by atoms with Crippen LogP contribution in [-0.2, 0) is 11.3 Å². The van der Waals surface area contributed by atoms with Crippen LogP contribution in [0.3, 0.4) is 0 Å². The summed E-state index contributed by atoms with van der Waals surface area (Å²) in [5, 5.41) is 6.94. The summed E-state index contributed by atoms with van der Waals surface area (Å²) >= 11 is 0. The molecule has 2 aliphatic carbocycles. The predicted molar refractivity (Wildman–Crippen MR) is 114 cm³/mol. The summed E-state index contributed by atoms with van der Waals surface area (Å²) in [4.78, 5) is 17.5. The predicted octanol–water partition coefficient (Wildman–Crippen LogP) is 4.68. The summed E-state index contributed by atoms with van der Waals surface area (Å²) in [5.41, 5.74) is 3.23. The third kappa shape index (κ3) is 3.38. The molecule has 6 nitrogen and oxygen atoms in total. The lowest BCUT2D eigenvalue weighted by Crippen LogP contribution is -2.48. The van der Waals surface area contributed by atoms with Crippen LogP contribution in [0.5, 0.6) is 5.88 Å². The minimum atomic E-state index is -0.401. The van der Waals surface area contributed by atoms with Crippen LogP contribution in [0.1, 0.15) is 49.9 Å². The second-order valence-electron chi connectivity index (χ2n) is 8.88. The van der Waals surface area contributed by atoms with E-state index in [0.717, 1.165) is 35.7 Å². The van der Waals surface area contributed by atoms with Crippen LogP contribution >= 0.6 is 0 Å². The van der Waals surface area contributed by atoms with E-state index in [1.807, 2.05) is 42.5 Å². The number of hydrogen-bond donors (Lipinski definition) is 2. The number of hydrogen-bond acceptors (Lipinski definition) is 5. The van der Waals surface area contributed by atoms with Crippen LogP contribution in [-0.4, -0.2) is 24.2 Å². The van der Waals surface area contributed by atoms with E-state index in [9.17, 15) is 4.79 Å². The van der Waals surface area contributed by atoms with E-state index in [4.69, 9.17) is 14.5 Å². The monoisotopic (exact) mass is 407 g/mol. The standard InChI is InChI=1S/C24H29N3O3/c1-3-7-17-20(27-23(28)30-14-15-8-5-4-6-9-15)21-18(10-11-19(26-21)29-2)25-22(17)24-12-16(24)13-24/h4-6,8-11,16-17,20,22,25H,3,7,12-14H2,1-2H3,(H,27,28)/t16?,17-,20-,22-,24?/m1/s1. The second kappa shape index (κ2) is 7.49. The first-order valence-electron chi connectivity index (χ1n) is 10.9. The number of pyridine rings is 1. The molecule has 0 unspecified atom stereocenters. The van der Waals surface area contributed by atoms with Gasteiger partial charge >= 0.3 is 6.09 Å². The van der Waals surface area contributed by atoms with Gasteiger partial charge in [0, 0.05) is 18.0 Å². The lowest BCUT2D eigenvalue weighted by Gasteiger charge is -2.42. The van der Waals surface area contributed by atoms with Gasteiger partial charge in [-0.15, -0.1) is 0 Å². The van der Waals surface area contributed by atoms with Crippen molar-refractivity contribution in [3.05, 3.63) is 53.7 Å². The number of benzene rings is 1. The molecule has 5 rings (SSSR count). The maximum absolute atomic E-state index is 12.8. The molecule has 1 aromatic carbocycles. The van der Waals surface area contributed by atoms with E-state index in [2.05, 4.69) is 17.6 Å². The maximum Gasteiger partial charge on any atom is 0.408 e. The number of rotatable bonds is 7. The molecular weight excluding hydrogens is 378 g/mol. The van der Waals surface area contributed by atoms with Gasteiger partial charge in [0.25, 0.3) is 0 Å². The maximum atomic E-state index is 12.8.